The van der Waals surface area contributed by atoms with E-state index in [9.17, 15) is 4.79 Å². The van der Waals surface area contributed by atoms with Crippen molar-refractivity contribution in [2.45, 2.75) is 26.2 Å². The van der Waals surface area contributed by atoms with E-state index in [4.69, 9.17) is 16.9 Å². The second-order valence-electron chi connectivity index (χ2n) is 5.13. The van der Waals surface area contributed by atoms with E-state index in [1.54, 1.807) is 13.1 Å². The van der Waals surface area contributed by atoms with Crippen LogP contribution in [-0.4, -0.2) is 29.4 Å². The molecular formula is C13H16ClN3O. The van der Waals surface area contributed by atoms with Gasteiger partial charge in [-0.2, -0.15) is 5.26 Å². The molecule has 0 saturated carbocycles. The van der Waals surface area contributed by atoms with Crippen LogP contribution in [0.25, 0.3) is 0 Å². The van der Waals surface area contributed by atoms with Gasteiger partial charge in [0.05, 0.1) is 6.07 Å². The van der Waals surface area contributed by atoms with Gasteiger partial charge in [-0.1, -0.05) is 32.4 Å². The van der Waals surface area contributed by atoms with Gasteiger partial charge in [-0.15, -0.1) is 0 Å². The molecular weight excluding hydrogens is 250 g/mol. The Bertz CT molecular complexity index is 500. The molecule has 1 aromatic rings. The first-order valence-corrected chi connectivity index (χ1v) is 5.94. The standard InChI is InChI=1S/C13H16ClN3O/c1-13(2,3)10-7-9(8-11(14)16-10)12(18)17(4)6-5-15/h7-8H,6H2,1-4H3. The molecule has 0 bridgehead atoms. The van der Waals surface area contributed by atoms with E-state index >= 15 is 0 Å². The molecule has 0 atom stereocenters. The van der Waals surface area contributed by atoms with Gasteiger partial charge in [0.15, 0.2) is 0 Å². The fourth-order valence-electron chi connectivity index (χ4n) is 1.40. The number of halogens is 1. The van der Waals surface area contributed by atoms with Crippen LogP contribution in [0.15, 0.2) is 12.1 Å². The molecule has 0 N–H and O–H groups in total. The van der Waals surface area contributed by atoms with Gasteiger partial charge in [0.25, 0.3) is 5.91 Å². The van der Waals surface area contributed by atoms with Crippen molar-refractivity contribution in [1.29, 1.82) is 5.26 Å². The number of carbonyl (C=O) groups is 1. The van der Waals surface area contributed by atoms with Crippen LogP contribution in [0.4, 0.5) is 0 Å². The van der Waals surface area contributed by atoms with Crippen LogP contribution in [0.1, 0.15) is 36.8 Å². The number of nitrogens with zero attached hydrogens (tertiary/aromatic N) is 3. The molecule has 0 radical (unpaired) electrons. The van der Waals surface area contributed by atoms with Crippen molar-refractivity contribution in [3.63, 3.8) is 0 Å². The first-order chi connectivity index (χ1) is 8.25. The maximum absolute atomic E-state index is 12.1. The maximum Gasteiger partial charge on any atom is 0.254 e. The normalized spacial score (nSPS) is 10.9. The van der Waals surface area contributed by atoms with E-state index < -0.39 is 0 Å². The van der Waals surface area contributed by atoms with Crippen LogP contribution in [0, 0.1) is 11.3 Å². The zero-order valence-corrected chi connectivity index (χ0v) is 11.7. The lowest BCUT2D eigenvalue weighted by molar-refractivity contribution is 0.0811. The third-order valence-electron chi connectivity index (χ3n) is 2.46. The minimum absolute atomic E-state index is 0.0453. The largest absolute Gasteiger partial charge is 0.328 e. The predicted molar refractivity (Wildman–Crippen MR) is 70.5 cm³/mol. The SMILES string of the molecule is CN(CC#N)C(=O)c1cc(Cl)nc(C(C)(C)C)c1. The summed E-state index contributed by atoms with van der Waals surface area (Å²) in [5.41, 5.74) is 1.02. The van der Waals surface area contributed by atoms with Crippen LogP contribution < -0.4 is 0 Å². The molecule has 96 valence electrons. The fraction of sp³-hybridized carbons (Fsp3) is 0.462. The lowest BCUT2D eigenvalue weighted by Crippen LogP contribution is -2.27. The summed E-state index contributed by atoms with van der Waals surface area (Å²) in [5.74, 6) is -0.230. The Morgan fingerprint density at radius 2 is 2.11 bits per heavy atom. The molecule has 4 nitrogen and oxygen atoms in total. The summed E-state index contributed by atoms with van der Waals surface area (Å²) in [6.45, 7) is 6.04. The van der Waals surface area contributed by atoms with Crippen LogP contribution in [0.5, 0.6) is 0 Å². The average Bonchev–Trinajstić information content (AvgIpc) is 2.26. The number of aromatic nitrogens is 1. The zero-order chi connectivity index (χ0) is 13.9. The summed E-state index contributed by atoms with van der Waals surface area (Å²) in [6, 6.07) is 5.18. The Balaban J connectivity index is 3.15. The second-order valence-corrected chi connectivity index (χ2v) is 5.52. The number of hydrogen-bond donors (Lipinski definition) is 0. The highest BCUT2D eigenvalue weighted by Gasteiger charge is 2.20. The Labute approximate surface area is 112 Å². The second kappa shape index (κ2) is 5.36. The van der Waals surface area contributed by atoms with Crippen molar-refractivity contribution in [1.82, 2.24) is 9.88 Å². The van der Waals surface area contributed by atoms with Gasteiger partial charge in [0.1, 0.15) is 11.7 Å². The first-order valence-electron chi connectivity index (χ1n) is 5.56. The van der Waals surface area contributed by atoms with E-state index in [1.807, 2.05) is 26.8 Å². The molecule has 1 amide bonds. The summed E-state index contributed by atoms with van der Waals surface area (Å²) >= 11 is 5.94. The maximum atomic E-state index is 12.1. The molecule has 0 aliphatic heterocycles. The Hall–Kier alpha value is -1.60. The van der Waals surface area contributed by atoms with Gasteiger partial charge in [-0.25, -0.2) is 4.98 Å². The summed E-state index contributed by atoms with van der Waals surface area (Å²) in [7, 11) is 1.58. The molecule has 0 saturated heterocycles. The van der Waals surface area contributed by atoms with Crippen molar-refractivity contribution in [2.75, 3.05) is 13.6 Å². The van der Waals surface area contributed by atoms with Crippen LogP contribution >= 0.6 is 11.6 Å². The number of nitriles is 1. The topological polar surface area (TPSA) is 57.0 Å². The van der Waals surface area contributed by atoms with Crippen molar-refractivity contribution in [3.8, 4) is 6.07 Å². The fourth-order valence-corrected chi connectivity index (χ4v) is 1.61. The molecule has 1 aromatic heterocycles. The van der Waals surface area contributed by atoms with Gasteiger partial charge in [0, 0.05) is 23.7 Å². The Morgan fingerprint density at radius 3 is 2.61 bits per heavy atom. The lowest BCUT2D eigenvalue weighted by Gasteiger charge is -2.20. The Kier molecular flexibility index (Phi) is 4.31. The van der Waals surface area contributed by atoms with Gasteiger partial charge in [-0.3, -0.25) is 4.79 Å². The monoisotopic (exact) mass is 265 g/mol. The summed E-state index contributed by atoms with van der Waals surface area (Å²) in [5, 5.41) is 8.88. The first kappa shape index (κ1) is 14.5. The number of amides is 1. The minimum Gasteiger partial charge on any atom is -0.328 e. The van der Waals surface area contributed by atoms with E-state index in [0.717, 1.165) is 5.69 Å². The number of carbonyl (C=O) groups excluding carboxylic acids is 1. The van der Waals surface area contributed by atoms with Gasteiger partial charge in [-0.05, 0) is 12.1 Å². The highest BCUT2D eigenvalue weighted by atomic mass is 35.5. The molecule has 0 aliphatic carbocycles. The van der Waals surface area contributed by atoms with E-state index in [-0.39, 0.29) is 23.0 Å². The van der Waals surface area contributed by atoms with Crippen LogP contribution in [0.2, 0.25) is 5.15 Å². The van der Waals surface area contributed by atoms with Crippen molar-refractivity contribution >= 4 is 17.5 Å². The van der Waals surface area contributed by atoms with Crippen molar-refractivity contribution in [2.24, 2.45) is 0 Å². The zero-order valence-electron chi connectivity index (χ0n) is 11.0. The molecule has 0 fully saturated rings. The Morgan fingerprint density at radius 1 is 1.50 bits per heavy atom. The van der Waals surface area contributed by atoms with Gasteiger partial charge >= 0.3 is 0 Å². The average molecular weight is 266 g/mol. The predicted octanol–water partition coefficient (Wildman–Crippen LogP) is 2.63. The molecule has 0 unspecified atom stereocenters. The number of pyridine rings is 1. The third kappa shape index (κ3) is 3.44. The molecule has 5 heteroatoms. The van der Waals surface area contributed by atoms with E-state index in [2.05, 4.69) is 4.98 Å². The number of hydrogen-bond acceptors (Lipinski definition) is 3. The van der Waals surface area contributed by atoms with Crippen molar-refractivity contribution < 1.29 is 4.79 Å². The van der Waals surface area contributed by atoms with Crippen molar-refractivity contribution in [3.05, 3.63) is 28.5 Å². The van der Waals surface area contributed by atoms with Gasteiger partial charge in [0.2, 0.25) is 0 Å². The summed E-state index contributed by atoms with van der Waals surface area (Å²) in [6.07, 6.45) is 0. The van der Waals surface area contributed by atoms with Crippen LogP contribution in [-0.2, 0) is 5.41 Å². The molecule has 0 spiro atoms. The van der Waals surface area contributed by atoms with Crippen LogP contribution in [0.3, 0.4) is 0 Å². The van der Waals surface area contributed by atoms with E-state index in [0.29, 0.717) is 5.56 Å². The smallest absolute Gasteiger partial charge is 0.254 e. The molecule has 0 aliphatic rings. The lowest BCUT2D eigenvalue weighted by atomic mass is 9.91. The molecule has 1 rings (SSSR count). The quantitative estimate of drug-likeness (QED) is 0.610. The highest BCUT2D eigenvalue weighted by molar-refractivity contribution is 6.29. The van der Waals surface area contributed by atoms with Gasteiger partial charge < -0.3 is 4.90 Å². The van der Waals surface area contributed by atoms with E-state index in [1.165, 1.54) is 11.0 Å². The molecule has 1 heterocycles. The summed E-state index contributed by atoms with van der Waals surface area (Å²) in [4.78, 5) is 17.6. The molecule has 18 heavy (non-hydrogen) atoms. The summed E-state index contributed by atoms with van der Waals surface area (Å²) < 4.78 is 0. The molecule has 0 aromatic carbocycles. The third-order valence-corrected chi connectivity index (χ3v) is 2.66. The highest BCUT2D eigenvalue weighted by Crippen LogP contribution is 2.23. The number of rotatable bonds is 2. The minimum atomic E-state index is -0.230.